The second-order valence-electron chi connectivity index (χ2n) is 3.78. The predicted molar refractivity (Wildman–Crippen MR) is 72.2 cm³/mol. The summed E-state index contributed by atoms with van der Waals surface area (Å²) in [4.78, 5) is 14.7. The summed E-state index contributed by atoms with van der Waals surface area (Å²) < 4.78 is 5.39. The fourth-order valence-corrected chi connectivity index (χ4v) is 1.55. The van der Waals surface area contributed by atoms with Crippen LogP contribution in [0.15, 0.2) is 54.7 Å². The number of carbonyl (C=O) groups is 1. The number of hydrogen-bond donors (Lipinski definition) is 1. The smallest absolute Gasteiger partial charge is 0.358 e. The first-order valence-electron chi connectivity index (χ1n) is 5.80. The molecule has 2 rings (SSSR count). The minimum absolute atomic E-state index is 0.0735. The number of benzene rings is 1. The van der Waals surface area contributed by atoms with Gasteiger partial charge in [0.1, 0.15) is 6.61 Å². The van der Waals surface area contributed by atoms with Gasteiger partial charge in [-0.25, -0.2) is 9.78 Å². The van der Waals surface area contributed by atoms with Crippen LogP contribution < -0.4 is 4.74 Å². The van der Waals surface area contributed by atoms with Crippen molar-refractivity contribution in [3.63, 3.8) is 0 Å². The van der Waals surface area contributed by atoms with E-state index in [9.17, 15) is 4.79 Å². The standard InChI is InChI=1S/C15H13NO3/c17-15(18)14-13(9-4-10-16-14)19-11-5-8-12-6-2-1-3-7-12/h1-10H,11H2,(H,17,18)/b8-5+. The molecule has 0 unspecified atom stereocenters. The van der Waals surface area contributed by atoms with Crippen LogP contribution in [0.4, 0.5) is 0 Å². The number of aromatic nitrogens is 1. The first-order valence-corrected chi connectivity index (χ1v) is 5.80. The number of carboxylic acids is 1. The average Bonchev–Trinajstić information content (AvgIpc) is 2.45. The second-order valence-corrected chi connectivity index (χ2v) is 3.78. The van der Waals surface area contributed by atoms with Crippen molar-refractivity contribution in [2.24, 2.45) is 0 Å². The molecule has 1 aromatic carbocycles. The lowest BCUT2D eigenvalue weighted by atomic mass is 10.2. The summed E-state index contributed by atoms with van der Waals surface area (Å²) in [5, 5.41) is 8.94. The summed E-state index contributed by atoms with van der Waals surface area (Å²) in [7, 11) is 0. The van der Waals surface area contributed by atoms with Crippen LogP contribution >= 0.6 is 0 Å². The molecule has 0 atom stereocenters. The van der Waals surface area contributed by atoms with Gasteiger partial charge in [0.2, 0.25) is 0 Å². The fourth-order valence-electron chi connectivity index (χ4n) is 1.55. The molecule has 0 aliphatic carbocycles. The molecule has 0 spiro atoms. The van der Waals surface area contributed by atoms with Gasteiger partial charge >= 0.3 is 5.97 Å². The maximum Gasteiger partial charge on any atom is 0.358 e. The predicted octanol–water partition coefficient (Wildman–Crippen LogP) is 2.87. The van der Waals surface area contributed by atoms with Crippen molar-refractivity contribution in [3.8, 4) is 5.75 Å². The molecule has 1 N–H and O–H groups in total. The monoisotopic (exact) mass is 255 g/mol. The van der Waals surface area contributed by atoms with E-state index in [1.54, 1.807) is 12.1 Å². The Balaban J connectivity index is 1.96. The Bertz CT molecular complexity index is 579. The fraction of sp³-hybridized carbons (Fsp3) is 0.0667. The van der Waals surface area contributed by atoms with Gasteiger partial charge in [-0.05, 0) is 23.8 Å². The van der Waals surface area contributed by atoms with Crippen molar-refractivity contribution in [2.45, 2.75) is 0 Å². The van der Waals surface area contributed by atoms with Crippen LogP contribution in [0.1, 0.15) is 16.1 Å². The number of carboxylic acid groups (broad SMARTS) is 1. The van der Waals surface area contributed by atoms with Crippen LogP contribution in [-0.4, -0.2) is 22.7 Å². The Labute approximate surface area is 111 Å². The van der Waals surface area contributed by atoms with Crippen LogP contribution in [-0.2, 0) is 0 Å². The third kappa shape index (κ3) is 3.67. The van der Waals surface area contributed by atoms with E-state index in [1.807, 2.05) is 42.5 Å². The number of ether oxygens (including phenoxy) is 1. The first-order chi connectivity index (χ1) is 9.27. The topological polar surface area (TPSA) is 59.4 Å². The molecular formula is C15H13NO3. The third-order valence-electron chi connectivity index (χ3n) is 2.42. The summed E-state index contributed by atoms with van der Waals surface area (Å²) >= 11 is 0. The molecule has 0 aliphatic rings. The molecule has 0 saturated heterocycles. The second kappa shape index (κ2) is 6.35. The molecule has 0 amide bonds. The minimum Gasteiger partial charge on any atom is -0.487 e. The lowest BCUT2D eigenvalue weighted by Crippen LogP contribution is -2.05. The molecule has 19 heavy (non-hydrogen) atoms. The lowest BCUT2D eigenvalue weighted by Gasteiger charge is -2.05. The van der Waals surface area contributed by atoms with Gasteiger partial charge in [-0.3, -0.25) is 0 Å². The Morgan fingerprint density at radius 2 is 2.00 bits per heavy atom. The van der Waals surface area contributed by atoms with Gasteiger partial charge in [0, 0.05) is 6.20 Å². The van der Waals surface area contributed by atoms with Gasteiger partial charge in [0.25, 0.3) is 0 Å². The van der Waals surface area contributed by atoms with E-state index in [-0.39, 0.29) is 11.4 Å². The van der Waals surface area contributed by atoms with Gasteiger partial charge < -0.3 is 9.84 Å². The van der Waals surface area contributed by atoms with E-state index in [2.05, 4.69) is 4.98 Å². The Morgan fingerprint density at radius 1 is 1.21 bits per heavy atom. The SMILES string of the molecule is O=C(O)c1ncccc1OC/C=C/c1ccccc1. The molecule has 1 heterocycles. The largest absolute Gasteiger partial charge is 0.487 e. The first kappa shape index (κ1) is 12.8. The molecule has 0 fully saturated rings. The van der Waals surface area contributed by atoms with Gasteiger partial charge in [0.15, 0.2) is 11.4 Å². The highest BCUT2D eigenvalue weighted by molar-refractivity contribution is 5.88. The molecule has 2 aromatic rings. The van der Waals surface area contributed by atoms with Crippen LogP contribution in [0.3, 0.4) is 0 Å². The van der Waals surface area contributed by atoms with Crippen LogP contribution in [0.25, 0.3) is 6.08 Å². The highest BCUT2D eigenvalue weighted by atomic mass is 16.5. The van der Waals surface area contributed by atoms with Crippen molar-refractivity contribution >= 4 is 12.0 Å². The molecule has 0 radical (unpaired) electrons. The number of hydrogen-bond acceptors (Lipinski definition) is 3. The summed E-state index contributed by atoms with van der Waals surface area (Å²) in [6.07, 6.45) is 5.17. The van der Waals surface area contributed by atoms with E-state index in [4.69, 9.17) is 9.84 Å². The quantitative estimate of drug-likeness (QED) is 0.892. The van der Waals surface area contributed by atoms with Gasteiger partial charge in [-0.2, -0.15) is 0 Å². The zero-order chi connectivity index (χ0) is 13.5. The van der Waals surface area contributed by atoms with Crippen molar-refractivity contribution in [3.05, 3.63) is 66.0 Å². The zero-order valence-corrected chi connectivity index (χ0v) is 10.2. The molecule has 0 saturated carbocycles. The maximum atomic E-state index is 10.9. The van der Waals surface area contributed by atoms with Gasteiger partial charge in [-0.15, -0.1) is 0 Å². The Kier molecular flexibility index (Phi) is 4.29. The van der Waals surface area contributed by atoms with E-state index >= 15 is 0 Å². The number of nitrogens with zero attached hydrogens (tertiary/aromatic N) is 1. The van der Waals surface area contributed by atoms with Crippen LogP contribution in [0, 0.1) is 0 Å². The number of aromatic carboxylic acids is 1. The zero-order valence-electron chi connectivity index (χ0n) is 10.2. The molecule has 4 nitrogen and oxygen atoms in total. The molecule has 1 aromatic heterocycles. The number of pyridine rings is 1. The minimum atomic E-state index is -1.09. The molecule has 0 aliphatic heterocycles. The maximum absolute atomic E-state index is 10.9. The summed E-state index contributed by atoms with van der Waals surface area (Å²) in [5.74, 6) is -0.824. The van der Waals surface area contributed by atoms with Crippen LogP contribution in [0.2, 0.25) is 0 Å². The van der Waals surface area contributed by atoms with E-state index in [0.29, 0.717) is 6.61 Å². The average molecular weight is 255 g/mol. The normalized spacial score (nSPS) is 10.5. The Hall–Kier alpha value is -2.62. The molecular weight excluding hydrogens is 242 g/mol. The summed E-state index contributed by atoms with van der Waals surface area (Å²) in [6, 6.07) is 13.0. The molecule has 96 valence electrons. The summed E-state index contributed by atoms with van der Waals surface area (Å²) in [6.45, 7) is 0.293. The molecule has 4 heteroatoms. The van der Waals surface area contributed by atoms with E-state index in [0.717, 1.165) is 5.56 Å². The van der Waals surface area contributed by atoms with Gasteiger partial charge in [0.05, 0.1) is 0 Å². The number of rotatable bonds is 5. The summed E-state index contributed by atoms with van der Waals surface area (Å²) in [5.41, 5.74) is 0.992. The lowest BCUT2D eigenvalue weighted by molar-refractivity contribution is 0.0686. The van der Waals surface area contributed by atoms with Crippen molar-refractivity contribution < 1.29 is 14.6 Å². The highest BCUT2D eigenvalue weighted by Gasteiger charge is 2.11. The van der Waals surface area contributed by atoms with Crippen molar-refractivity contribution in [1.29, 1.82) is 0 Å². The third-order valence-corrected chi connectivity index (χ3v) is 2.42. The van der Waals surface area contributed by atoms with Crippen molar-refractivity contribution in [1.82, 2.24) is 4.98 Å². The van der Waals surface area contributed by atoms with Crippen LogP contribution in [0.5, 0.6) is 5.75 Å². The highest BCUT2D eigenvalue weighted by Crippen LogP contribution is 2.15. The Morgan fingerprint density at radius 3 is 2.74 bits per heavy atom. The van der Waals surface area contributed by atoms with E-state index in [1.165, 1.54) is 6.20 Å². The van der Waals surface area contributed by atoms with Gasteiger partial charge in [-0.1, -0.05) is 36.4 Å². The van der Waals surface area contributed by atoms with E-state index < -0.39 is 5.97 Å². The van der Waals surface area contributed by atoms with Crippen molar-refractivity contribution in [2.75, 3.05) is 6.61 Å². The molecule has 0 bridgehead atoms.